The number of carbonyl (C=O) groups is 1. The maximum absolute atomic E-state index is 11.9. The second-order valence-electron chi connectivity index (χ2n) is 5.54. The van der Waals surface area contributed by atoms with Crippen molar-refractivity contribution in [2.75, 3.05) is 0 Å². The van der Waals surface area contributed by atoms with Crippen LogP contribution in [0.25, 0.3) is 11.5 Å². The van der Waals surface area contributed by atoms with E-state index < -0.39 is 0 Å². The summed E-state index contributed by atoms with van der Waals surface area (Å²) in [5.41, 5.74) is 0.810. The number of hydrogen-bond acceptors (Lipinski definition) is 4. The smallest absolute Gasteiger partial charge is 0.247 e. The van der Waals surface area contributed by atoms with E-state index in [1.807, 2.05) is 12.1 Å². The van der Waals surface area contributed by atoms with Crippen LogP contribution >= 0.6 is 11.6 Å². The fraction of sp³-hybridized carbons (Fsp3) is 0.353. The molecule has 0 aliphatic heterocycles. The van der Waals surface area contributed by atoms with Crippen molar-refractivity contribution in [2.45, 2.75) is 38.1 Å². The van der Waals surface area contributed by atoms with Gasteiger partial charge in [-0.05, 0) is 43.5 Å². The predicted octanol–water partition coefficient (Wildman–Crippen LogP) is 3.55. The van der Waals surface area contributed by atoms with Crippen molar-refractivity contribution < 1.29 is 9.21 Å². The zero-order chi connectivity index (χ0) is 16.1. The molecule has 1 aliphatic rings. The Bertz CT molecular complexity index is 694. The Balaban J connectivity index is 1.52. The third-order valence-electron chi connectivity index (χ3n) is 3.72. The van der Waals surface area contributed by atoms with Gasteiger partial charge in [-0.1, -0.05) is 23.8 Å². The summed E-state index contributed by atoms with van der Waals surface area (Å²) in [5, 5.41) is 11.7. The van der Waals surface area contributed by atoms with Crippen LogP contribution in [-0.4, -0.2) is 22.1 Å². The number of carbonyl (C=O) groups excluding carboxylic acids is 1. The molecular weight excluding hydrogens is 314 g/mol. The fourth-order valence-corrected chi connectivity index (χ4v) is 2.62. The molecule has 5 nitrogen and oxygen atoms in total. The van der Waals surface area contributed by atoms with Crippen molar-refractivity contribution in [1.29, 1.82) is 0 Å². The number of rotatable bonds is 5. The van der Waals surface area contributed by atoms with Crippen molar-refractivity contribution in [2.24, 2.45) is 0 Å². The molecule has 0 bridgehead atoms. The molecule has 1 amide bonds. The van der Waals surface area contributed by atoms with Gasteiger partial charge in [-0.15, -0.1) is 10.2 Å². The molecular formula is C17H18ClN3O2. The van der Waals surface area contributed by atoms with Crippen LogP contribution in [0.3, 0.4) is 0 Å². The monoisotopic (exact) mass is 331 g/mol. The lowest BCUT2D eigenvalue weighted by Crippen LogP contribution is -2.34. The molecule has 6 heteroatoms. The summed E-state index contributed by atoms with van der Waals surface area (Å²) < 4.78 is 5.59. The molecule has 1 atom stereocenters. The maximum atomic E-state index is 11.9. The van der Waals surface area contributed by atoms with Crippen LogP contribution in [-0.2, 0) is 11.2 Å². The predicted molar refractivity (Wildman–Crippen MR) is 88.0 cm³/mol. The topological polar surface area (TPSA) is 68.0 Å². The third kappa shape index (κ3) is 4.42. The van der Waals surface area contributed by atoms with Gasteiger partial charge < -0.3 is 9.73 Å². The number of halogens is 1. The Labute approximate surface area is 139 Å². The van der Waals surface area contributed by atoms with Crippen LogP contribution in [0.4, 0.5) is 0 Å². The Kier molecular flexibility index (Phi) is 5.08. The first kappa shape index (κ1) is 15.7. The molecule has 1 aromatic carbocycles. The minimum atomic E-state index is 0.00722. The zero-order valence-electron chi connectivity index (χ0n) is 12.7. The van der Waals surface area contributed by atoms with Gasteiger partial charge in [-0.2, -0.15) is 0 Å². The third-order valence-corrected chi connectivity index (χ3v) is 3.98. The Morgan fingerprint density at radius 1 is 1.30 bits per heavy atom. The van der Waals surface area contributed by atoms with E-state index in [1.54, 1.807) is 12.1 Å². The van der Waals surface area contributed by atoms with Crippen molar-refractivity contribution in [3.05, 3.63) is 47.3 Å². The van der Waals surface area contributed by atoms with Crippen molar-refractivity contribution >= 4 is 17.5 Å². The lowest BCUT2D eigenvalue weighted by Gasteiger charge is -2.17. The van der Waals surface area contributed by atoms with Crippen molar-refractivity contribution in [3.63, 3.8) is 0 Å². The summed E-state index contributed by atoms with van der Waals surface area (Å²) in [6.45, 7) is 0. The number of aryl methyl sites for hydroxylation is 1. The first-order valence-electron chi connectivity index (χ1n) is 7.75. The van der Waals surface area contributed by atoms with Crippen LogP contribution in [0.2, 0.25) is 5.02 Å². The van der Waals surface area contributed by atoms with E-state index in [0.29, 0.717) is 29.6 Å². The first-order valence-corrected chi connectivity index (χ1v) is 8.13. The summed E-state index contributed by atoms with van der Waals surface area (Å²) in [5.74, 6) is 0.907. The van der Waals surface area contributed by atoms with E-state index in [1.165, 1.54) is 0 Å². The van der Waals surface area contributed by atoms with E-state index >= 15 is 0 Å². The standard InChI is InChI=1S/C17H18ClN3O2/c18-13-8-6-12(7-9-13)17-21-20-16(23-17)11-10-15(22)19-14-4-2-1-3-5-14/h2,4,6-9,14H,1,3,5,10-11H2,(H,19,22)/t14-/m1/s1. The Hall–Kier alpha value is -2.14. The van der Waals surface area contributed by atoms with Gasteiger partial charge in [0.15, 0.2) is 0 Å². The Morgan fingerprint density at radius 3 is 2.87 bits per heavy atom. The molecule has 1 N–H and O–H groups in total. The highest BCUT2D eigenvalue weighted by atomic mass is 35.5. The minimum Gasteiger partial charge on any atom is -0.421 e. The summed E-state index contributed by atoms with van der Waals surface area (Å²) in [6.07, 6.45) is 8.17. The van der Waals surface area contributed by atoms with Gasteiger partial charge in [0.05, 0.1) is 0 Å². The van der Waals surface area contributed by atoms with Gasteiger partial charge in [-0.3, -0.25) is 4.79 Å². The maximum Gasteiger partial charge on any atom is 0.247 e. The van der Waals surface area contributed by atoms with E-state index in [2.05, 4.69) is 27.7 Å². The summed E-state index contributed by atoms with van der Waals surface area (Å²) in [7, 11) is 0. The molecule has 0 radical (unpaired) electrons. The number of amides is 1. The number of nitrogens with zero attached hydrogens (tertiary/aromatic N) is 2. The molecule has 2 aromatic rings. The molecule has 120 valence electrons. The van der Waals surface area contributed by atoms with E-state index in [0.717, 1.165) is 24.8 Å². The SMILES string of the molecule is O=C(CCc1nnc(-c2ccc(Cl)cc2)o1)N[C@@H]1C=CCCC1. The highest BCUT2D eigenvalue weighted by Crippen LogP contribution is 2.20. The van der Waals surface area contributed by atoms with Gasteiger partial charge in [0, 0.05) is 29.5 Å². The van der Waals surface area contributed by atoms with Crippen LogP contribution in [0.15, 0.2) is 40.8 Å². The summed E-state index contributed by atoms with van der Waals surface area (Å²) >= 11 is 5.85. The van der Waals surface area contributed by atoms with Gasteiger partial charge in [0.1, 0.15) is 0 Å². The molecule has 23 heavy (non-hydrogen) atoms. The van der Waals surface area contributed by atoms with Gasteiger partial charge >= 0.3 is 0 Å². The normalized spacial score (nSPS) is 17.2. The largest absolute Gasteiger partial charge is 0.421 e. The van der Waals surface area contributed by atoms with Gasteiger partial charge in [0.2, 0.25) is 17.7 Å². The first-order chi connectivity index (χ1) is 11.2. The van der Waals surface area contributed by atoms with E-state index in [-0.39, 0.29) is 11.9 Å². The summed E-state index contributed by atoms with van der Waals surface area (Å²) in [6, 6.07) is 7.34. The molecule has 3 rings (SSSR count). The fourth-order valence-electron chi connectivity index (χ4n) is 2.50. The van der Waals surface area contributed by atoms with Crippen molar-refractivity contribution in [1.82, 2.24) is 15.5 Å². The van der Waals surface area contributed by atoms with E-state index in [4.69, 9.17) is 16.0 Å². The number of aromatic nitrogens is 2. The number of benzene rings is 1. The molecule has 0 fully saturated rings. The zero-order valence-corrected chi connectivity index (χ0v) is 13.4. The number of allylic oxidation sites excluding steroid dienone is 1. The van der Waals surface area contributed by atoms with Crippen LogP contribution in [0, 0.1) is 0 Å². The Morgan fingerprint density at radius 2 is 2.13 bits per heavy atom. The quantitative estimate of drug-likeness (QED) is 0.851. The molecule has 1 heterocycles. The second-order valence-corrected chi connectivity index (χ2v) is 5.98. The molecule has 0 spiro atoms. The highest BCUT2D eigenvalue weighted by molar-refractivity contribution is 6.30. The van der Waals surface area contributed by atoms with Crippen LogP contribution in [0.1, 0.15) is 31.6 Å². The lowest BCUT2D eigenvalue weighted by molar-refractivity contribution is -0.121. The van der Waals surface area contributed by atoms with Crippen LogP contribution < -0.4 is 5.32 Å². The minimum absolute atomic E-state index is 0.00722. The average Bonchev–Trinajstić information content (AvgIpc) is 3.04. The van der Waals surface area contributed by atoms with Crippen molar-refractivity contribution in [3.8, 4) is 11.5 Å². The summed E-state index contributed by atoms with van der Waals surface area (Å²) in [4.78, 5) is 11.9. The number of hydrogen-bond donors (Lipinski definition) is 1. The van der Waals surface area contributed by atoms with Crippen LogP contribution in [0.5, 0.6) is 0 Å². The second kappa shape index (κ2) is 7.42. The molecule has 0 saturated carbocycles. The average molecular weight is 332 g/mol. The van der Waals surface area contributed by atoms with Gasteiger partial charge in [0.25, 0.3) is 0 Å². The molecule has 0 unspecified atom stereocenters. The van der Waals surface area contributed by atoms with Gasteiger partial charge in [-0.25, -0.2) is 0 Å². The lowest BCUT2D eigenvalue weighted by atomic mass is 10.0. The molecule has 1 aromatic heterocycles. The molecule has 0 saturated heterocycles. The van der Waals surface area contributed by atoms with E-state index in [9.17, 15) is 4.79 Å². The molecule has 1 aliphatic carbocycles. The highest BCUT2D eigenvalue weighted by Gasteiger charge is 2.14. The number of nitrogens with one attached hydrogen (secondary N) is 1.